The standard InChI is InChI=1S/C26H34ClN5/c1-21(2)18-26-19-23(29-32(26)25-6-4-3-5-7-25)20-28-12-13-30-14-16-31(17-15-30)24-10-8-22(27)9-11-24/h3-11,19,21,28H,12-18,20H2,1-2H3. The van der Waals surface area contributed by atoms with Crippen LogP contribution in [0.5, 0.6) is 0 Å². The third-order valence-electron chi connectivity index (χ3n) is 5.93. The minimum absolute atomic E-state index is 0.599. The first-order chi connectivity index (χ1) is 15.6. The summed E-state index contributed by atoms with van der Waals surface area (Å²) >= 11 is 6.01. The Morgan fingerprint density at radius 1 is 0.938 bits per heavy atom. The highest BCUT2D eigenvalue weighted by Crippen LogP contribution is 2.19. The second-order valence-corrected chi connectivity index (χ2v) is 9.39. The van der Waals surface area contributed by atoms with Gasteiger partial charge in [0, 0.05) is 62.2 Å². The van der Waals surface area contributed by atoms with Gasteiger partial charge in [-0.05, 0) is 54.8 Å². The SMILES string of the molecule is CC(C)Cc1cc(CNCCN2CCN(c3ccc(Cl)cc3)CC2)nn1-c1ccccc1. The molecule has 1 fully saturated rings. The third kappa shape index (κ3) is 6.12. The molecule has 0 saturated carbocycles. The first-order valence-corrected chi connectivity index (χ1v) is 12.0. The molecule has 1 aliphatic heterocycles. The van der Waals surface area contributed by atoms with Gasteiger partial charge in [-0.1, -0.05) is 43.6 Å². The molecule has 0 spiro atoms. The predicted octanol–water partition coefficient (Wildman–Crippen LogP) is 4.64. The fourth-order valence-electron chi connectivity index (χ4n) is 4.25. The fourth-order valence-corrected chi connectivity index (χ4v) is 4.38. The Morgan fingerprint density at radius 2 is 1.66 bits per heavy atom. The molecular weight excluding hydrogens is 418 g/mol. The van der Waals surface area contributed by atoms with Crippen molar-refractivity contribution in [1.82, 2.24) is 20.0 Å². The van der Waals surface area contributed by atoms with Crippen LogP contribution in [0.15, 0.2) is 60.7 Å². The molecule has 0 aliphatic carbocycles. The van der Waals surface area contributed by atoms with E-state index in [0.29, 0.717) is 5.92 Å². The largest absolute Gasteiger partial charge is 0.369 e. The van der Waals surface area contributed by atoms with E-state index in [-0.39, 0.29) is 0 Å². The molecule has 2 aromatic carbocycles. The molecule has 1 aliphatic rings. The van der Waals surface area contributed by atoms with Crippen molar-refractivity contribution >= 4 is 17.3 Å². The Hall–Kier alpha value is -2.34. The van der Waals surface area contributed by atoms with Gasteiger partial charge in [0.25, 0.3) is 0 Å². The van der Waals surface area contributed by atoms with Crippen molar-refractivity contribution in [1.29, 1.82) is 0 Å². The van der Waals surface area contributed by atoms with E-state index in [2.05, 4.69) is 76.1 Å². The van der Waals surface area contributed by atoms with E-state index in [0.717, 1.165) is 68.6 Å². The molecule has 1 N–H and O–H groups in total. The lowest BCUT2D eigenvalue weighted by atomic mass is 10.1. The number of piperazine rings is 1. The minimum atomic E-state index is 0.599. The zero-order chi connectivity index (χ0) is 22.3. The molecule has 6 heteroatoms. The van der Waals surface area contributed by atoms with Gasteiger partial charge in [0.05, 0.1) is 11.4 Å². The highest BCUT2D eigenvalue weighted by Gasteiger charge is 2.17. The second kappa shape index (κ2) is 11.0. The number of nitrogens with one attached hydrogen (secondary N) is 1. The minimum Gasteiger partial charge on any atom is -0.369 e. The van der Waals surface area contributed by atoms with Crippen molar-refractivity contribution in [2.24, 2.45) is 5.92 Å². The van der Waals surface area contributed by atoms with E-state index in [9.17, 15) is 0 Å². The number of halogens is 1. The lowest BCUT2D eigenvalue weighted by molar-refractivity contribution is 0.257. The fraction of sp³-hybridized carbons (Fsp3) is 0.423. The van der Waals surface area contributed by atoms with Crippen LogP contribution in [0.25, 0.3) is 5.69 Å². The van der Waals surface area contributed by atoms with Gasteiger partial charge in [-0.3, -0.25) is 4.90 Å². The predicted molar refractivity (Wildman–Crippen MR) is 134 cm³/mol. The van der Waals surface area contributed by atoms with E-state index in [1.54, 1.807) is 0 Å². The van der Waals surface area contributed by atoms with Crippen molar-refractivity contribution in [3.8, 4) is 5.69 Å². The van der Waals surface area contributed by atoms with Crippen LogP contribution in [0, 0.1) is 5.92 Å². The Balaban J connectivity index is 1.24. The molecule has 0 amide bonds. The summed E-state index contributed by atoms with van der Waals surface area (Å²) < 4.78 is 2.10. The van der Waals surface area contributed by atoms with E-state index in [4.69, 9.17) is 16.7 Å². The quantitative estimate of drug-likeness (QED) is 0.481. The topological polar surface area (TPSA) is 36.3 Å². The summed E-state index contributed by atoms with van der Waals surface area (Å²) in [7, 11) is 0. The highest BCUT2D eigenvalue weighted by molar-refractivity contribution is 6.30. The number of hydrogen-bond acceptors (Lipinski definition) is 4. The summed E-state index contributed by atoms with van der Waals surface area (Å²) in [5.74, 6) is 0.599. The van der Waals surface area contributed by atoms with Crippen LogP contribution < -0.4 is 10.2 Å². The Bertz CT molecular complexity index is 960. The lowest BCUT2D eigenvalue weighted by Crippen LogP contribution is -2.48. The molecule has 1 saturated heterocycles. The van der Waals surface area contributed by atoms with E-state index >= 15 is 0 Å². The van der Waals surface area contributed by atoms with Crippen LogP contribution in [0.1, 0.15) is 25.2 Å². The van der Waals surface area contributed by atoms with Crippen molar-refractivity contribution in [2.75, 3.05) is 44.2 Å². The van der Waals surface area contributed by atoms with Gasteiger partial charge < -0.3 is 10.2 Å². The molecule has 1 aromatic heterocycles. The van der Waals surface area contributed by atoms with Crippen LogP contribution in [-0.2, 0) is 13.0 Å². The van der Waals surface area contributed by atoms with Crippen LogP contribution in [0.2, 0.25) is 5.02 Å². The Morgan fingerprint density at radius 3 is 2.34 bits per heavy atom. The maximum Gasteiger partial charge on any atom is 0.0769 e. The summed E-state index contributed by atoms with van der Waals surface area (Å²) in [6.45, 7) is 11.6. The first kappa shape index (κ1) is 22.8. The molecule has 0 unspecified atom stereocenters. The van der Waals surface area contributed by atoms with Crippen molar-refractivity contribution in [3.63, 3.8) is 0 Å². The summed E-state index contributed by atoms with van der Waals surface area (Å²) in [6, 6.07) is 20.9. The highest BCUT2D eigenvalue weighted by atomic mass is 35.5. The zero-order valence-electron chi connectivity index (χ0n) is 19.2. The number of hydrogen-bond donors (Lipinski definition) is 1. The number of aromatic nitrogens is 2. The molecule has 0 atom stereocenters. The maximum absolute atomic E-state index is 6.01. The number of rotatable bonds is 9. The van der Waals surface area contributed by atoms with Crippen molar-refractivity contribution in [3.05, 3.63) is 77.1 Å². The Kier molecular flexibility index (Phi) is 7.85. The molecule has 32 heavy (non-hydrogen) atoms. The Labute approximate surface area is 197 Å². The van der Waals surface area contributed by atoms with Crippen LogP contribution in [0.4, 0.5) is 5.69 Å². The van der Waals surface area contributed by atoms with Crippen molar-refractivity contribution < 1.29 is 0 Å². The second-order valence-electron chi connectivity index (χ2n) is 8.95. The smallest absolute Gasteiger partial charge is 0.0769 e. The van der Waals surface area contributed by atoms with E-state index in [1.807, 2.05) is 18.2 Å². The summed E-state index contributed by atoms with van der Waals surface area (Å²) in [4.78, 5) is 4.97. The van der Waals surface area contributed by atoms with Crippen LogP contribution in [0.3, 0.4) is 0 Å². The number of para-hydroxylation sites is 1. The number of anilines is 1. The van der Waals surface area contributed by atoms with Crippen molar-refractivity contribution in [2.45, 2.75) is 26.8 Å². The normalized spacial score (nSPS) is 14.9. The number of benzene rings is 2. The zero-order valence-corrected chi connectivity index (χ0v) is 19.9. The molecule has 3 aromatic rings. The van der Waals surface area contributed by atoms with Gasteiger partial charge >= 0.3 is 0 Å². The van der Waals surface area contributed by atoms with Crippen LogP contribution >= 0.6 is 11.6 Å². The third-order valence-corrected chi connectivity index (χ3v) is 6.18. The van der Waals surface area contributed by atoms with Gasteiger partial charge in [-0.15, -0.1) is 0 Å². The van der Waals surface area contributed by atoms with Gasteiger partial charge in [-0.2, -0.15) is 5.10 Å². The molecule has 0 bridgehead atoms. The van der Waals surface area contributed by atoms with Gasteiger partial charge in [-0.25, -0.2) is 4.68 Å². The van der Waals surface area contributed by atoms with E-state index < -0.39 is 0 Å². The number of nitrogens with zero attached hydrogens (tertiary/aromatic N) is 4. The average molecular weight is 452 g/mol. The van der Waals surface area contributed by atoms with Gasteiger partial charge in [0.1, 0.15) is 0 Å². The maximum atomic E-state index is 6.01. The molecule has 170 valence electrons. The first-order valence-electron chi connectivity index (χ1n) is 11.7. The summed E-state index contributed by atoms with van der Waals surface area (Å²) in [6.07, 6.45) is 1.03. The molecule has 5 nitrogen and oxygen atoms in total. The molecular formula is C26H34ClN5. The van der Waals surface area contributed by atoms with Gasteiger partial charge in [0.15, 0.2) is 0 Å². The van der Waals surface area contributed by atoms with Crippen LogP contribution in [-0.4, -0.2) is 53.9 Å². The lowest BCUT2D eigenvalue weighted by Gasteiger charge is -2.36. The van der Waals surface area contributed by atoms with E-state index in [1.165, 1.54) is 11.4 Å². The summed E-state index contributed by atoms with van der Waals surface area (Å²) in [5.41, 5.74) is 4.78. The molecule has 4 rings (SSSR count). The van der Waals surface area contributed by atoms with Gasteiger partial charge in [0.2, 0.25) is 0 Å². The monoisotopic (exact) mass is 451 g/mol. The summed E-state index contributed by atoms with van der Waals surface area (Å²) in [5, 5.41) is 9.28. The molecule has 0 radical (unpaired) electrons. The average Bonchev–Trinajstić information content (AvgIpc) is 3.20. The molecule has 2 heterocycles.